The van der Waals surface area contributed by atoms with E-state index in [9.17, 15) is 9.59 Å². The number of carbonyl (C=O) groups is 2. The fraction of sp³-hybridized carbons (Fsp3) is 0.0857. The van der Waals surface area contributed by atoms with E-state index in [0.717, 1.165) is 41.6 Å². The Morgan fingerprint density at radius 2 is 1.50 bits per heavy atom. The number of benzene rings is 4. The standard InChI is InChI=1S/C35H27NO4/c1-4-32(37)39-28-16-12-26(13-17-28)36(27-14-18-29(19-15-27)40-35(38)22(2)3)31-21-11-25-9-8-23-6-5-7-24-10-20-30(31)34(25)33(23)24/h4-7,9-10,12-21H,1-2,8,11H2,3H3. The molecule has 0 aliphatic heterocycles. The number of carbonyl (C=O) groups excluding carboxylic acids is 2. The molecule has 0 atom stereocenters. The summed E-state index contributed by atoms with van der Waals surface area (Å²) in [7, 11) is 0. The van der Waals surface area contributed by atoms with Crippen molar-refractivity contribution >= 4 is 45.4 Å². The van der Waals surface area contributed by atoms with E-state index in [1.807, 2.05) is 24.3 Å². The van der Waals surface area contributed by atoms with Crippen molar-refractivity contribution in [2.45, 2.75) is 19.8 Å². The molecule has 0 N–H and O–H groups in total. The van der Waals surface area contributed by atoms with Crippen molar-refractivity contribution in [3.63, 3.8) is 0 Å². The number of hydrogen-bond acceptors (Lipinski definition) is 5. The van der Waals surface area contributed by atoms with Crippen LogP contribution < -0.4 is 14.4 Å². The van der Waals surface area contributed by atoms with E-state index in [4.69, 9.17) is 9.47 Å². The average molecular weight is 526 g/mol. The van der Waals surface area contributed by atoms with E-state index in [-0.39, 0.29) is 0 Å². The number of anilines is 2. The Morgan fingerprint density at radius 3 is 2.15 bits per heavy atom. The Kier molecular flexibility index (Phi) is 6.40. The molecule has 0 saturated heterocycles. The van der Waals surface area contributed by atoms with Crippen LogP contribution in [-0.4, -0.2) is 11.9 Å². The number of hydrogen-bond donors (Lipinski definition) is 0. The first-order chi connectivity index (χ1) is 19.4. The van der Waals surface area contributed by atoms with E-state index in [2.05, 4.69) is 60.5 Å². The van der Waals surface area contributed by atoms with Crippen LogP contribution in [0.15, 0.2) is 116 Å². The van der Waals surface area contributed by atoms with Gasteiger partial charge in [-0.1, -0.05) is 55.6 Å². The molecule has 0 bridgehead atoms. The summed E-state index contributed by atoms with van der Waals surface area (Å²) >= 11 is 0. The summed E-state index contributed by atoms with van der Waals surface area (Å²) < 4.78 is 10.7. The molecule has 0 saturated carbocycles. The average Bonchev–Trinajstić information content (AvgIpc) is 2.98. The van der Waals surface area contributed by atoms with Gasteiger partial charge in [-0.2, -0.15) is 0 Å². The molecule has 6 rings (SSSR count). The van der Waals surface area contributed by atoms with Gasteiger partial charge in [0.1, 0.15) is 11.5 Å². The van der Waals surface area contributed by atoms with Crippen LogP contribution in [0.25, 0.3) is 22.0 Å². The normalized spacial score (nSPS) is 13.1. The molecule has 2 aliphatic carbocycles. The predicted octanol–water partition coefficient (Wildman–Crippen LogP) is 7.94. The maximum Gasteiger partial charge on any atom is 0.338 e. The molecule has 0 spiro atoms. The second kappa shape index (κ2) is 10.2. The molecule has 0 aromatic heterocycles. The van der Waals surface area contributed by atoms with Gasteiger partial charge in [0.25, 0.3) is 0 Å². The molecule has 0 radical (unpaired) electrons. The second-order valence-corrected chi connectivity index (χ2v) is 9.85. The van der Waals surface area contributed by atoms with Crippen LogP contribution in [0.5, 0.6) is 11.5 Å². The van der Waals surface area contributed by atoms with E-state index < -0.39 is 11.9 Å². The smallest absolute Gasteiger partial charge is 0.338 e. The van der Waals surface area contributed by atoms with Gasteiger partial charge in [-0.05, 0) is 95.8 Å². The van der Waals surface area contributed by atoms with Gasteiger partial charge in [-0.3, -0.25) is 0 Å². The maximum absolute atomic E-state index is 12.0. The summed E-state index contributed by atoms with van der Waals surface area (Å²) in [5.74, 6) is -0.0971. The number of allylic oxidation sites excluding steroid dienone is 3. The van der Waals surface area contributed by atoms with Crippen molar-refractivity contribution in [2.24, 2.45) is 0 Å². The van der Waals surface area contributed by atoms with Crippen molar-refractivity contribution in [3.8, 4) is 11.5 Å². The van der Waals surface area contributed by atoms with Crippen LogP contribution >= 0.6 is 0 Å². The number of ether oxygens (including phenoxy) is 2. The second-order valence-electron chi connectivity index (χ2n) is 9.85. The highest BCUT2D eigenvalue weighted by molar-refractivity contribution is 6.06. The molecule has 5 heteroatoms. The molecule has 0 heterocycles. The molecule has 40 heavy (non-hydrogen) atoms. The summed E-state index contributed by atoms with van der Waals surface area (Å²) in [5.41, 5.74) is 8.28. The highest BCUT2D eigenvalue weighted by Crippen LogP contribution is 2.46. The lowest BCUT2D eigenvalue weighted by atomic mass is 9.80. The third kappa shape index (κ3) is 4.52. The molecule has 0 amide bonds. The van der Waals surface area contributed by atoms with Gasteiger partial charge in [0.15, 0.2) is 0 Å². The summed E-state index contributed by atoms with van der Waals surface area (Å²) in [6, 6.07) is 25.7. The Morgan fingerprint density at radius 1 is 0.825 bits per heavy atom. The zero-order chi connectivity index (χ0) is 27.8. The Hall–Kier alpha value is -5.16. The first kappa shape index (κ1) is 25.1. The molecule has 196 valence electrons. The molecule has 4 aromatic carbocycles. The summed E-state index contributed by atoms with van der Waals surface area (Å²) in [6.45, 7) is 8.74. The van der Waals surface area contributed by atoms with Gasteiger partial charge in [-0.15, -0.1) is 0 Å². The predicted molar refractivity (Wildman–Crippen MR) is 160 cm³/mol. The monoisotopic (exact) mass is 525 g/mol. The Balaban J connectivity index is 1.46. The lowest BCUT2D eigenvalue weighted by molar-refractivity contribution is -0.130. The minimum Gasteiger partial charge on any atom is -0.423 e. The minimum atomic E-state index is -0.509. The molecular weight excluding hydrogens is 498 g/mol. The lowest BCUT2D eigenvalue weighted by Gasteiger charge is -2.34. The van der Waals surface area contributed by atoms with Crippen LogP contribution in [0.4, 0.5) is 11.4 Å². The van der Waals surface area contributed by atoms with Gasteiger partial charge in [-0.25, -0.2) is 9.59 Å². The highest BCUT2D eigenvalue weighted by atomic mass is 16.5. The third-order valence-corrected chi connectivity index (χ3v) is 7.19. The summed E-state index contributed by atoms with van der Waals surface area (Å²) in [6.07, 6.45) is 7.49. The Labute approximate surface area is 233 Å². The van der Waals surface area contributed by atoms with Crippen LogP contribution in [0.2, 0.25) is 0 Å². The number of rotatable bonds is 7. The first-order valence-electron chi connectivity index (χ1n) is 13.1. The summed E-state index contributed by atoms with van der Waals surface area (Å²) in [5, 5.41) is 2.56. The van der Waals surface area contributed by atoms with Crippen molar-refractivity contribution in [1.29, 1.82) is 0 Å². The first-order valence-corrected chi connectivity index (χ1v) is 13.1. The molecule has 0 fully saturated rings. The van der Waals surface area contributed by atoms with Crippen LogP contribution in [0, 0.1) is 0 Å². The van der Waals surface area contributed by atoms with Crippen LogP contribution in [0.3, 0.4) is 0 Å². The number of nitrogens with zero attached hydrogens (tertiary/aromatic N) is 1. The van der Waals surface area contributed by atoms with Crippen LogP contribution in [-0.2, 0) is 16.0 Å². The van der Waals surface area contributed by atoms with Gasteiger partial charge >= 0.3 is 11.9 Å². The van der Waals surface area contributed by atoms with E-state index in [0.29, 0.717) is 17.1 Å². The number of esters is 2. The van der Waals surface area contributed by atoms with Gasteiger partial charge in [0, 0.05) is 28.6 Å². The topological polar surface area (TPSA) is 55.8 Å². The van der Waals surface area contributed by atoms with Crippen molar-refractivity contribution in [2.75, 3.05) is 4.90 Å². The lowest BCUT2D eigenvalue weighted by Crippen LogP contribution is -2.19. The largest absolute Gasteiger partial charge is 0.423 e. The van der Waals surface area contributed by atoms with E-state index >= 15 is 0 Å². The Bertz CT molecular complexity index is 1760. The summed E-state index contributed by atoms with van der Waals surface area (Å²) in [4.78, 5) is 25.9. The third-order valence-electron chi connectivity index (χ3n) is 7.19. The zero-order valence-electron chi connectivity index (χ0n) is 22.1. The fourth-order valence-corrected chi connectivity index (χ4v) is 5.33. The molecule has 0 unspecified atom stereocenters. The SMILES string of the molecule is C=CC(=O)Oc1ccc(N(C2=CCC3=CCc4cccc5ccc2c3c45)c2ccc(OC(=O)C(=C)C)cc2)cc1. The van der Waals surface area contributed by atoms with Gasteiger partial charge in [0.2, 0.25) is 0 Å². The molecule has 2 aliphatic rings. The zero-order valence-corrected chi connectivity index (χ0v) is 22.1. The van der Waals surface area contributed by atoms with Gasteiger partial charge < -0.3 is 14.4 Å². The van der Waals surface area contributed by atoms with Crippen molar-refractivity contribution in [1.82, 2.24) is 0 Å². The van der Waals surface area contributed by atoms with Crippen molar-refractivity contribution in [3.05, 3.63) is 133 Å². The van der Waals surface area contributed by atoms with Crippen LogP contribution in [0.1, 0.15) is 30.0 Å². The highest BCUT2D eigenvalue weighted by Gasteiger charge is 2.27. The molecular formula is C35H27NO4. The van der Waals surface area contributed by atoms with E-state index in [1.54, 1.807) is 31.2 Å². The molecule has 5 nitrogen and oxygen atoms in total. The van der Waals surface area contributed by atoms with Gasteiger partial charge in [0.05, 0.1) is 5.70 Å². The maximum atomic E-state index is 12.0. The fourth-order valence-electron chi connectivity index (χ4n) is 5.33. The van der Waals surface area contributed by atoms with E-state index in [1.165, 1.54) is 27.5 Å². The minimum absolute atomic E-state index is 0.337. The molecule has 4 aromatic rings. The quantitative estimate of drug-likeness (QED) is 0.139. The van der Waals surface area contributed by atoms with Crippen molar-refractivity contribution < 1.29 is 19.1 Å².